The van der Waals surface area contributed by atoms with Crippen molar-refractivity contribution in [1.29, 1.82) is 0 Å². The van der Waals surface area contributed by atoms with E-state index in [2.05, 4.69) is 0 Å². The van der Waals surface area contributed by atoms with Crippen LogP contribution in [0.3, 0.4) is 0 Å². The molecule has 0 aromatic rings. The topological polar surface area (TPSA) is 302 Å². The molecule has 0 aliphatic carbocycles. The Balaban J connectivity index is -0.0000000250. The van der Waals surface area contributed by atoms with Crippen LogP contribution in [0.2, 0.25) is 0 Å². The summed E-state index contributed by atoms with van der Waals surface area (Å²) in [6.45, 7) is 0. The van der Waals surface area contributed by atoms with Crippen molar-refractivity contribution in [3.8, 4) is 0 Å². The first-order valence-corrected chi connectivity index (χ1v) is 3.16. The van der Waals surface area contributed by atoms with Gasteiger partial charge in [0.15, 0.2) is 0 Å². The van der Waals surface area contributed by atoms with Crippen molar-refractivity contribution in [2.45, 2.75) is 0 Å². The molecule has 17 heteroatoms. The van der Waals surface area contributed by atoms with Crippen LogP contribution in [0.5, 0.6) is 0 Å². The second-order valence-electron chi connectivity index (χ2n) is 1.33. The van der Waals surface area contributed by atoms with Crippen molar-refractivity contribution in [2.75, 3.05) is 0 Å². The number of rotatable bonds is 0. The minimum absolute atomic E-state index is 0. The Morgan fingerprint density at radius 1 is 0.455 bits per heavy atom. The summed E-state index contributed by atoms with van der Waals surface area (Å²) in [5.74, 6) is 0. The van der Waals surface area contributed by atoms with Crippen LogP contribution in [0, 0.1) is 0 Å². The van der Waals surface area contributed by atoms with Gasteiger partial charge in [0.2, 0.25) is 30.8 Å². The first-order valence-electron chi connectivity index (χ1n) is 3.16. The maximum absolute atomic E-state index is 8.44. The molecular weight excluding hydrogens is 371 g/mol. The van der Waals surface area contributed by atoms with E-state index in [1.54, 1.807) is 0 Å². The molecule has 0 aromatic heterocycles. The summed E-state index contributed by atoms with van der Waals surface area (Å²) in [4.78, 5) is 42.2. The molecule has 0 spiro atoms. The van der Waals surface area contributed by atoms with Gasteiger partial charge in [-0.25, -0.2) is 0 Å². The Morgan fingerprint density at radius 2 is 0.455 bits per heavy atom. The van der Waals surface area contributed by atoms with Gasteiger partial charge in [-0.3, -0.25) is 0 Å². The Labute approximate surface area is 156 Å². The summed E-state index contributed by atoms with van der Waals surface area (Å²) in [6.07, 6.45) is -10.4. The molecule has 15 nitrogen and oxygen atoms in total. The second kappa shape index (κ2) is 36.4. The number of carbonyl (C=O) groups is 5. The molecule has 0 bridgehead atoms. The third-order valence-corrected chi connectivity index (χ3v) is 0. The van der Waals surface area contributed by atoms with E-state index >= 15 is 0 Å². The SMILES string of the molecule is O=C([O-])O.O=C([O-])O.O=C([O-])O.O=C([O-])O.O=C([O-])O.[Na+].[Ti+4]. The molecule has 22 heavy (non-hydrogen) atoms. The Bertz CT molecular complexity index is 213. The van der Waals surface area contributed by atoms with E-state index in [1.165, 1.54) is 0 Å². The van der Waals surface area contributed by atoms with Gasteiger partial charge in [0.05, 0.1) is 0 Å². The monoisotopic (exact) mass is 376 g/mol. The van der Waals surface area contributed by atoms with E-state index in [0.29, 0.717) is 0 Å². The minimum atomic E-state index is -2.08. The van der Waals surface area contributed by atoms with Gasteiger partial charge in [-0.05, 0) is 0 Å². The van der Waals surface area contributed by atoms with Crippen LogP contribution in [0.25, 0.3) is 0 Å². The molecular formula is C5H5NaO15Ti. The minimum Gasteiger partial charge on any atom is -0.565 e. The fourth-order valence-electron chi connectivity index (χ4n) is 0. The van der Waals surface area contributed by atoms with Crippen LogP contribution < -0.4 is 55.1 Å². The van der Waals surface area contributed by atoms with Crippen LogP contribution in [-0.4, -0.2) is 56.3 Å². The third-order valence-electron chi connectivity index (χ3n) is 0. The molecule has 0 heterocycles. The predicted molar refractivity (Wildman–Crippen MR) is 40.1 cm³/mol. The van der Waals surface area contributed by atoms with Crippen LogP contribution in [0.15, 0.2) is 0 Å². The van der Waals surface area contributed by atoms with Gasteiger partial charge in [0.1, 0.15) is 0 Å². The zero-order chi connectivity index (χ0) is 17.9. The maximum Gasteiger partial charge on any atom is 4.00 e. The normalized spacial score (nSPS) is 5.45. The summed E-state index contributed by atoms with van der Waals surface area (Å²) >= 11 is 0. The second-order valence-corrected chi connectivity index (χ2v) is 1.33. The van der Waals surface area contributed by atoms with Crippen molar-refractivity contribution in [3.63, 3.8) is 0 Å². The standard InChI is InChI=1S/5CH2O3.Na.Ti/c5*2-1(3)4;;/h5*(H2,2,3,4);;/q;;;;;+1;+4/p-5. The van der Waals surface area contributed by atoms with Crippen LogP contribution in [0.4, 0.5) is 24.0 Å². The van der Waals surface area contributed by atoms with Gasteiger partial charge >= 0.3 is 51.3 Å². The number of hydrogen-bond donors (Lipinski definition) is 5. The average molecular weight is 376 g/mol. The van der Waals surface area contributed by atoms with Crippen molar-refractivity contribution in [1.82, 2.24) is 0 Å². The zero-order valence-electron chi connectivity index (χ0n) is 10.3. The molecule has 0 aliphatic heterocycles. The fourth-order valence-corrected chi connectivity index (χ4v) is 0. The molecule has 0 radical (unpaired) electrons. The summed E-state index contributed by atoms with van der Waals surface area (Å²) in [5.41, 5.74) is 0. The van der Waals surface area contributed by atoms with E-state index in [-0.39, 0.29) is 51.3 Å². The summed E-state index contributed by atoms with van der Waals surface area (Å²) in [7, 11) is 0. The van der Waals surface area contributed by atoms with Crippen molar-refractivity contribution in [2.24, 2.45) is 0 Å². The molecule has 0 amide bonds. The Hall–Kier alpha value is -1.94. The molecule has 0 saturated carbocycles. The average Bonchev–Trinajstić information content (AvgIpc) is 1.94. The molecule has 120 valence electrons. The van der Waals surface area contributed by atoms with Crippen LogP contribution >= 0.6 is 0 Å². The molecule has 0 aromatic carbocycles. The van der Waals surface area contributed by atoms with Crippen molar-refractivity contribution >= 4 is 30.8 Å². The zero-order valence-corrected chi connectivity index (χ0v) is 13.9. The molecule has 0 aliphatic rings. The largest absolute Gasteiger partial charge is 4.00 e. The molecule has 5 N–H and O–H groups in total. The van der Waals surface area contributed by atoms with E-state index in [9.17, 15) is 0 Å². The summed E-state index contributed by atoms with van der Waals surface area (Å²) in [6, 6.07) is 0. The van der Waals surface area contributed by atoms with Gasteiger partial charge in [0.25, 0.3) is 0 Å². The van der Waals surface area contributed by atoms with Crippen LogP contribution in [0.1, 0.15) is 0 Å². The van der Waals surface area contributed by atoms with Gasteiger partial charge in [0, 0.05) is 0 Å². The van der Waals surface area contributed by atoms with E-state index < -0.39 is 30.8 Å². The number of hydrogen-bond acceptors (Lipinski definition) is 10. The summed E-state index contributed by atoms with van der Waals surface area (Å²) in [5, 5.41) is 76.5. The van der Waals surface area contributed by atoms with Gasteiger partial charge in [-0.15, -0.1) is 0 Å². The van der Waals surface area contributed by atoms with Gasteiger partial charge in [-0.1, -0.05) is 0 Å². The Kier molecular flexibility index (Phi) is 70.8. The first-order chi connectivity index (χ1) is 8.66. The van der Waals surface area contributed by atoms with Gasteiger partial charge in [-0.2, -0.15) is 0 Å². The van der Waals surface area contributed by atoms with E-state index in [4.69, 9.17) is 75.0 Å². The van der Waals surface area contributed by atoms with Gasteiger partial charge < -0.3 is 75.0 Å². The molecule has 0 unspecified atom stereocenters. The smallest absolute Gasteiger partial charge is 0.565 e. The predicted octanol–water partition coefficient (Wildman–Crippen LogP) is -8.56. The van der Waals surface area contributed by atoms with Crippen LogP contribution in [-0.2, 0) is 21.7 Å². The molecule has 0 rings (SSSR count). The molecule has 0 fully saturated rings. The maximum atomic E-state index is 8.44. The van der Waals surface area contributed by atoms with E-state index in [1.807, 2.05) is 0 Å². The third kappa shape index (κ3) is 1400. The van der Waals surface area contributed by atoms with Crippen molar-refractivity contribution < 1.29 is 126 Å². The molecule has 0 atom stereocenters. The van der Waals surface area contributed by atoms with Crippen molar-refractivity contribution in [3.05, 3.63) is 0 Å². The number of carboxylic acid groups (broad SMARTS) is 10. The first kappa shape index (κ1) is 42.7. The van der Waals surface area contributed by atoms with E-state index in [0.717, 1.165) is 0 Å². The molecule has 0 saturated heterocycles. The Morgan fingerprint density at radius 3 is 0.455 bits per heavy atom. The quantitative estimate of drug-likeness (QED) is 0.245. The summed E-state index contributed by atoms with van der Waals surface area (Å²) < 4.78 is 0. The fraction of sp³-hybridized carbons (Fsp3) is 0.